The minimum absolute atomic E-state index is 0.417. The van der Waals surface area contributed by atoms with Gasteiger partial charge in [0.2, 0.25) is 0 Å². The van der Waals surface area contributed by atoms with Gasteiger partial charge in [-0.1, -0.05) is 50.1 Å². The van der Waals surface area contributed by atoms with Gasteiger partial charge in [0.15, 0.2) is 8.32 Å². The molecule has 1 unspecified atom stereocenters. The zero-order chi connectivity index (χ0) is 12.7. The molecule has 0 radical (unpaired) electrons. The molecule has 0 fully saturated rings. The molecule has 2 heteroatoms. The van der Waals surface area contributed by atoms with Gasteiger partial charge in [-0.15, -0.1) is 0 Å². The Labute approximate surface area is 107 Å². The number of unbranched alkanes of at least 4 members (excludes halogenated alkanes) is 1. The quantitative estimate of drug-likeness (QED) is 0.644. The average molecular weight is 250 g/mol. The molecule has 0 aromatic heterocycles. The fraction of sp³-hybridized carbons (Fsp3) is 0.600. The number of rotatable bonds is 7. The molecule has 0 aliphatic carbocycles. The highest BCUT2D eigenvalue weighted by atomic mass is 28.4. The SMILES string of the molecule is CCCCC(C)O[Si](C)(C)Cc1ccccc1. The molecular formula is C15H26OSi. The molecule has 1 rings (SSSR count). The molecule has 0 amide bonds. The van der Waals surface area contributed by atoms with Crippen LogP contribution in [0.25, 0.3) is 0 Å². The summed E-state index contributed by atoms with van der Waals surface area (Å²) in [6.07, 6.45) is 4.15. The van der Waals surface area contributed by atoms with Gasteiger partial charge in [0.1, 0.15) is 0 Å². The van der Waals surface area contributed by atoms with Crippen LogP contribution in [0.5, 0.6) is 0 Å². The monoisotopic (exact) mass is 250 g/mol. The maximum absolute atomic E-state index is 6.28. The zero-order valence-electron chi connectivity index (χ0n) is 11.7. The third kappa shape index (κ3) is 6.04. The van der Waals surface area contributed by atoms with Gasteiger partial charge in [0.25, 0.3) is 0 Å². The molecule has 1 nitrogen and oxygen atoms in total. The van der Waals surface area contributed by atoms with Crippen molar-refractivity contribution in [2.24, 2.45) is 0 Å². The standard InChI is InChI=1S/C15H26OSi/c1-5-6-10-14(2)16-17(3,4)13-15-11-8-7-9-12-15/h7-9,11-12,14H,5-6,10,13H2,1-4H3. The normalized spacial score (nSPS) is 13.6. The first-order valence-electron chi connectivity index (χ1n) is 6.75. The second-order valence-electron chi connectivity index (χ2n) is 5.49. The lowest BCUT2D eigenvalue weighted by molar-refractivity contribution is 0.196. The van der Waals surface area contributed by atoms with E-state index in [0.717, 1.165) is 6.04 Å². The molecule has 96 valence electrons. The summed E-state index contributed by atoms with van der Waals surface area (Å²) in [5, 5.41) is 0. The fourth-order valence-corrected chi connectivity index (χ4v) is 4.73. The van der Waals surface area contributed by atoms with Gasteiger partial charge >= 0.3 is 0 Å². The smallest absolute Gasteiger partial charge is 0.191 e. The largest absolute Gasteiger partial charge is 0.414 e. The predicted octanol–water partition coefficient (Wildman–Crippen LogP) is 4.57. The van der Waals surface area contributed by atoms with E-state index in [1.807, 2.05) is 0 Å². The first-order chi connectivity index (χ1) is 8.03. The van der Waals surface area contributed by atoms with Gasteiger partial charge in [0.05, 0.1) is 0 Å². The lowest BCUT2D eigenvalue weighted by atomic mass is 10.2. The van der Waals surface area contributed by atoms with Gasteiger partial charge in [-0.2, -0.15) is 0 Å². The Balaban J connectivity index is 2.45. The summed E-state index contributed by atoms with van der Waals surface area (Å²) in [7, 11) is -1.56. The van der Waals surface area contributed by atoms with Crippen molar-refractivity contribution in [3.05, 3.63) is 35.9 Å². The van der Waals surface area contributed by atoms with Crippen molar-refractivity contribution in [1.29, 1.82) is 0 Å². The third-order valence-electron chi connectivity index (χ3n) is 2.96. The highest BCUT2D eigenvalue weighted by Gasteiger charge is 2.25. The van der Waals surface area contributed by atoms with Crippen LogP contribution in [-0.2, 0) is 10.5 Å². The summed E-state index contributed by atoms with van der Waals surface area (Å²) in [6, 6.07) is 11.8. The highest BCUT2D eigenvalue weighted by molar-refractivity contribution is 6.70. The third-order valence-corrected chi connectivity index (χ3v) is 5.26. The van der Waals surface area contributed by atoms with Gasteiger partial charge in [-0.25, -0.2) is 0 Å². The Morgan fingerprint density at radius 1 is 1.18 bits per heavy atom. The molecule has 0 aliphatic rings. The maximum Gasteiger partial charge on any atom is 0.191 e. The van der Waals surface area contributed by atoms with Crippen molar-refractivity contribution in [3.8, 4) is 0 Å². The highest BCUT2D eigenvalue weighted by Crippen LogP contribution is 2.17. The van der Waals surface area contributed by atoms with Crippen LogP contribution in [-0.4, -0.2) is 14.4 Å². The molecule has 1 aromatic rings. The molecule has 17 heavy (non-hydrogen) atoms. The molecule has 0 aliphatic heterocycles. The predicted molar refractivity (Wildman–Crippen MR) is 77.7 cm³/mol. The van der Waals surface area contributed by atoms with E-state index < -0.39 is 8.32 Å². The van der Waals surface area contributed by atoms with Crippen LogP contribution in [0.3, 0.4) is 0 Å². The van der Waals surface area contributed by atoms with Crippen molar-refractivity contribution in [1.82, 2.24) is 0 Å². The zero-order valence-corrected chi connectivity index (χ0v) is 12.7. The van der Waals surface area contributed by atoms with Crippen molar-refractivity contribution >= 4 is 8.32 Å². The van der Waals surface area contributed by atoms with Crippen molar-refractivity contribution in [2.45, 2.75) is 58.4 Å². The van der Waals surface area contributed by atoms with Gasteiger partial charge in [-0.05, 0) is 38.0 Å². The lowest BCUT2D eigenvalue weighted by Crippen LogP contribution is -2.37. The molecule has 0 saturated heterocycles. The summed E-state index contributed by atoms with van der Waals surface area (Å²) < 4.78 is 6.28. The molecule has 0 saturated carbocycles. The van der Waals surface area contributed by atoms with Crippen molar-refractivity contribution in [3.63, 3.8) is 0 Å². The second-order valence-corrected chi connectivity index (χ2v) is 9.60. The van der Waals surface area contributed by atoms with E-state index in [1.54, 1.807) is 0 Å². The molecule has 0 bridgehead atoms. The van der Waals surface area contributed by atoms with Crippen LogP contribution in [0.1, 0.15) is 38.7 Å². The first kappa shape index (κ1) is 14.5. The molecule has 0 spiro atoms. The molecule has 0 heterocycles. The summed E-state index contributed by atoms with van der Waals surface area (Å²) in [4.78, 5) is 0. The Morgan fingerprint density at radius 2 is 1.82 bits per heavy atom. The number of hydrogen-bond donors (Lipinski definition) is 0. The number of benzene rings is 1. The minimum atomic E-state index is -1.56. The summed E-state index contributed by atoms with van der Waals surface area (Å²) in [5.74, 6) is 0. The van der Waals surface area contributed by atoms with E-state index in [4.69, 9.17) is 4.43 Å². The number of hydrogen-bond acceptors (Lipinski definition) is 1. The van der Waals surface area contributed by atoms with Crippen LogP contribution >= 0.6 is 0 Å². The van der Waals surface area contributed by atoms with E-state index in [2.05, 4.69) is 57.3 Å². The van der Waals surface area contributed by atoms with E-state index in [0.29, 0.717) is 6.10 Å². The molecule has 1 atom stereocenters. The molecule has 1 aromatic carbocycles. The maximum atomic E-state index is 6.28. The van der Waals surface area contributed by atoms with Crippen molar-refractivity contribution < 1.29 is 4.43 Å². The summed E-state index contributed by atoms with van der Waals surface area (Å²) in [5.41, 5.74) is 1.41. The molecular weight excluding hydrogens is 224 g/mol. The van der Waals surface area contributed by atoms with Crippen LogP contribution in [0.2, 0.25) is 13.1 Å². The first-order valence-corrected chi connectivity index (χ1v) is 9.87. The Morgan fingerprint density at radius 3 is 2.41 bits per heavy atom. The van der Waals surface area contributed by atoms with Crippen LogP contribution in [0, 0.1) is 0 Å². The lowest BCUT2D eigenvalue weighted by Gasteiger charge is -2.27. The van der Waals surface area contributed by atoms with E-state index >= 15 is 0 Å². The average Bonchev–Trinajstić information content (AvgIpc) is 2.26. The molecule has 0 N–H and O–H groups in total. The fourth-order valence-electron chi connectivity index (χ4n) is 2.22. The van der Waals surface area contributed by atoms with Gasteiger partial charge in [0, 0.05) is 6.10 Å². The Hall–Kier alpha value is -0.603. The van der Waals surface area contributed by atoms with Crippen LogP contribution in [0.15, 0.2) is 30.3 Å². The topological polar surface area (TPSA) is 9.23 Å². The van der Waals surface area contributed by atoms with E-state index in [1.165, 1.54) is 24.8 Å². The summed E-state index contributed by atoms with van der Waals surface area (Å²) >= 11 is 0. The van der Waals surface area contributed by atoms with Crippen LogP contribution in [0.4, 0.5) is 0 Å². The van der Waals surface area contributed by atoms with Crippen LogP contribution < -0.4 is 0 Å². The van der Waals surface area contributed by atoms with E-state index in [9.17, 15) is 0 Å². The van der Waals surface area contributed by atoms with Crippen molar-refractivity contribution in [2.75, 3.05) is 0 Å². The summed E-state index contributed by atoms with van der Waals surface area (Å²) in [6.45, 7) is 9.10. The van der Waals surface area contributed by atoms with Gasteiger partial charge < -0.3 is 4.43 Å². The van der Waals surface area contributed by atoms with Gasteiger partial charge in [-0.3, -0.25) is 0 Å². The Bertz CT molecular complexity index is 308. The Kier molecular flexibility index (Phi) is 5.93. The second kappa shape index (κ2) is 6.97. The van der Waals surface area contributed by atoms with E-state index in [-0.39, 0.29) is 0 Å². The minimum Gasteiger partial charge on any atom is -0.414 e.